The van der Waals surface area contributed by atoms with Gasteiger partial charge in [0.2, 0.25) is 5.91 Å². The van der Waals surface area contributed by atoms with E-state index in [-0.39, 0.29) is 5.71 Å². The minimum absolute atomic E-state index is 0.0637. The summed E-state index contributed by atoms with van der Waals surface area (Å²) in [5.74, 6) is -1.45. The highest BCUT2D eigenvalue weighted by molar-refractivity contribution is 6.46. The molecular weight excluding hydrogens is 208 g/mol. The number of carbonyl (C=O) groups excluding carboxylic acids is 2. The summed E-state index contributed by atoms with van der Waals surface area (Å²) in [7, 11) is 0. The lowest BCUT2D eigenvalue weighted by molar-refractivity contribution is -0.118. The lowest BCUT2D eigenvalue weighted by Gasteiger charge is -2.22. The predicted molar refractivity (Wildman–Crippen MR) is 59.3 cm³/mol. The Morgan fingerprint density at radius 2 is 1.94 bits per heavy atom. The van der Waals surface area contributed by atoms with Crippen molar-refractivity contribution in [1.82, 2.24) is 0 Å². The number of carbonyl (C=O) groups is 2. The van der Waals surface area contributed by atoms with Gasteiger partial charge in [-0.1, -0.05) is 12.1 Å². The molecule has 1 aliphatic heterocycles. The maximum Gasteiger partial charge on any atom is 0.265 e. The van der Waals surface area contributed by atoms with Crippen molar-refractivity contribution in [3.63, 3.8) is 0 Å². The first-order valence-electron chi connectivity index (χ1n) is 4.63. The molecule has 0 saturated heterocycles. The highest BCUT2D eigenvalue weighted by atomic mass is 16.2. The maximum absolute atomic E-state index is 11.2. The van der Waals surface area contributed by atoms with Gasteiger partial charge in [-0.2, -0.15) is 0 Å². The van der Waals surface area contributed by atoms with Crippen LogP contribution < -0.4 is 16.8 Å². The van der Waals surface area contributed by atoms with Gasteiger partial charge in [-0.25, -0.2) is 4.99 Å². The van der Waals surface area contributed by atoms with Crippen LogP contribution in [0.25, 0.3) is 0 Å². The Bertz CT molecular complexity index is 495. The second-order valence-corrected chi connectivity index (χ2v) is 3.36. The standard InChI is InChI=1S/C10H10N4O2/c11-9(15)7-8(10(12)16)14-6-4-2-1-3-5(6)13-7/h1-4,7,13H,(H2,11,15)(H2,12,16). The van der Waals surface area contributed by atoms with Gasteiger partial charge in [-0.3, -0.25) is 9.59 Å². The molecule has 0 radical (unpaired) electrons. The number of para-hydroxylation sites is 2. The minimum Gasteiger partial charge on any atom is -0.368 e. The molecule has 6 heteroatoms. The number of anilines is 1. The Labute approximate surface area is 91.3 Å². The third-order valence-electron chi connectivity index (χ3n) is 2.26. The van der Waals surface area contributed by atoms with E-state index in [1.54, 1.807) is 24.3 Å². The van der Waals surface area contributed by atoms with E-state index in [9.17, 15) is 9.59 Å². The van der Waals surface area contributed by atoms with Crippen molar-refractivity contribution in [2.24, 2.45) is 16.5 Å². The molecule has 1 heterocycles. The first kappa shape index (κ1) is 10.2. The monoisotopic (exact) mass is 218 g/mol. The van der Waals surface area contributed by atoms with Crippen molar-refractivity contribution in [1.29, 1.82) is 0 Å². The Morgan fingerprint density at radius 3 is 2.56 bits per heavy atom. The molecule has 0 saturated carbocycles. The number of fused-ring (bicyclic) bond motifs is 1. The number of benzene rings is 1. The van der Waals surface area contributed by atoms with Gasteiger partial charge >= 0.3 is 0 Å². The summed E-state index contributed by atoms with van der Waals surface area (Å²) in [6.07, 6.45) is 0. The van der Waals surface area contributed by atoms with Crippen LogP contribution in [0, 0.1) is 0 Å². The summed E-state index contributed by atoms with van der Waals surface area (Å²) in [6.45, 7) is 0. The molecule has 16 heavy (non-hydrogen) atoms. The molecule has 2 amide bonds. The Kier molecular flexibility index (Phi) is 2.32. The van der Waals surface area contributed by atoms with Crippen LogP contribution in [-0.4, -0.2) is 23.6 Å². The van der Waals surface area contributed by atoms with E-state index < -0.39 is 17.9 Å². The number of rotatable bonds is 2. The van der Waals surface area contributed by atoms with Gasteiger partial charge in [0.15, 0.2) is 6.04 Å². The van der Waals surface area contributed by atoms with E-state index in [1.165, 1.54) is 0 Å². The number of aliphatic imine (C=N–C) groups is 1. The van der Waals surface area contributed by atoms with Crippen molar-refractivity contribution < 1.29 is 9.59 Å². The average Bonchev–Trinajstić information content (AvgIpc) is 2.27. The molecule has 1 aromatic rings. The summed E-state index contributed by atoms with van der Waals surface area (Å²) in [6, 6.07) is 6.05. The van der Waals surface area contributed by atoms with Crippen LogP contribution in [0.15, 0.2) is 29.3 Å². The fourth-order valence-electron chi connectivity index (χ4n) is 1.51. The first-order chi connectivity index (χ1) is 7.59. The van der Waals surface area contributed by atoms with Crippen molar-refractivity contribution in [2.45, 2.75) is 6.04 Å². The highest BCUT2D eigenvalue weighted by Gasteiger charge is 2.30. The molecule has 5 N–H and O–H groups in total. The summed E-state index contributed by atoms with van der Waals surface area (Å²) < 4.78 is 0. The highest BCUT2D eigenvalue weighted by Crippen LogP contribution is 2.29. The van der Waals surface area contributed by atoms with Crippen LogP contribution in [0.3, 0.4) is 0 Å². The molecule has 6 nitrogen and oxygen atoms in total. The fourth-order valence-corrected chi connectivity index (χ4v) is 1.51. The lowest BCUT2D eigenvalue weighted by atomic mass is 10.1. The van der Waals surface area contributed by atoms with Crippen molar-refractivity contribution in [3.05, 3.63) is 24.3 Å². The number of primary amides is 2. The SMILES string of the molecule is NC(=O)C1=Nc2ccccc2NC1C(N)=O. The van der Waals surface area contributed by atoms with E-state index in [4.69, 9.17) is 11.5 Å². The zero-order valence-electron chi connectivity index (χ0n) is 8.31. The molecule has 1 aliphatic rings. The van der Waals surface area contributed by atoms with Crippen molar-refractivity contribution >= 4 is 28.9 Å². The number of nitrogens with zero attached hydrogens (tertiary/aromatic N) is 1. The molecule has 1 aromatic carbocycles. The smallest absolute Gasteiger partial charge is 0.265 e. The van der Waals surface area contributed by atoms with Crippen LogP contribution in [0.2, 0.25) is 0 Å². The van der Waals surface area contributed by atoms with Gasteiger partial charge in [0.05, 0.1) is 11.4 Å². The van der Waals surface area contributed by atoms with Gasteiger partial charge in [0.1, 0.15) is 5.71 Å². The van der Waals surface area contributed by atoms with Crippen LogP contribution in [0.5, 0.6) is 0 Å². The largest absolute Gasteiger partial charge is 0.368 e. The van der Waals surface area contributed by atoms with E-state index in [2.05, 4.69) is 10.3 Å². The van der Waals surface area contributed by atoms with Gasteiger partial charge in [-0.05, 0) is 12.1 Å². The molecule has 1 atom stereocenters. The van der Waals surface area contributed by atoms with Crippen molar-refractivity contribution in [2.75, 3.05) is 5.32 Å². The second kappa shape index (κ2) is 3.65. The molecule has 0 fully saturated rings. The van der Waals surface area contributed by atoms with Gasteiger partial charge < -0.3 is 16.8 Å². The molecule has 2 rings (SSSR count). The number of hydrogen-bond acceptors (Lipinski definition) is 4. The van der Waals surface area contributed by atoms with Crippen molar-refractivity contribution in [3.8, 4) is 0 Å². The summed E-state index contributed by atoms with van der Waals surface area (Å²) >= 11 is 0. The maximum atomic E-state index is 11.2. The van der Waals surface area contributed by atoms with Gasteiger partial charge in [0.25, 0.3) is 5.91 Å². The molecular formula is C10H10N4O2. The molecule has 0 bridgehead atoms. The second-order valence-electron chi connectivity index (χ2n) is 3.36. The number of hydrogen-bond donors (Lipinski definition) is 3. The predicted octanol–water partition coefficient (Wildman–Crippen LogP) is -0.476. The molecule has 0 spiro atoms. The van der Waals surface area contributed by atoms with E-state index in [0.29, 0.717) is 11.4 Å². The Balaban J connectivity index is 2.51. The molecule has 82 valence electrons. The van der Waals surface area contributed by atoms with Crippen LogP contribution >= 0.6 is 0 Å². The lowest BCUT2D eigenvalue weighted by Crippen LogP contribution is -2.48. The van der Waals surface area contributed by atoms with E-state index in [1.807, 2.05) is 0 Å². The molecule has 1 unspecified atom stereocenters. The van der Waals surface area contributed by atoms with Crippen LogP contribution in [0.1, 0.15) is 0 Å². The zero-order chi connectivity index (χ0) is 11.7. The van der Waals surface area contributed by atoms with Crippen LogP contribution in [0.4, 0.5) is 11.4 Å². The fraction of sp³-hybridized carbons (Fsp3) is 0.100. The summed E-state index contributed by atoms with van der Waals surface area (Å²) in [5, 5.41) is 2.82. The summed E-state index contributed by atoms with van der Waals surface area (Å²) in [4.78, 5) is 26.3. The average molecular weight is 218 g/mol. The third-order valence-corrected chi connectivity index (χ3v) is 2.26. The van der Waals surface area contributed by atoms with Gasteiger partial charge in [-0.15, -0.1) is 0 Å². The normalized spacial score (nSPS) is 18.0. The molecule has 0 aliphatic carbocycles. The first-order valence-corrected chi connectivity index (χ1v) is 4.63. The van der Waals surface area contributed by atoms with Crippen LogP contribution in [-0.2, 0) is 9.59 Å². The topological polar surface area (TPSA) is 111 Å². The van der Waals surface area contributed by atoms with E-state index in [0.717, 1.165) is 0 Å². The van der Waals surface area contributed by atoms with E-state index >= 15 is 0 Å². The number of nitrogens with two attached hydrogens (primary N) is 2. The Hall–Kier alpha value is -2.37. The zero-order valence-corrected chi connectivity index (χ0v) is 8.31. The summed E-state index contributed by atoms with van der Waals surface area (Å²) in [5.41, 5.74) is 11.4. The number of nitrogens with one attached hydrogen (secondary N) is 1. The van der Waals surface area contributed by atoms with Gasteiger partial charge in [0, 0.05) is 0 Å². The number of amides is 2. The molecule has 0 aromatic heterocycles. The third kappa shape index (κ3) is 1.60. The quantitative estimate of drug-likeness (QED) is 0.623. The minimum atomic E-state index is -0.965. The Morgan fingerprint density at radius 1 is 1.25 bits per heavy atom.